The van der Waals surface area contributed by atoms with Crippen LogP contribution in [0.15, 0.2) is 0 Å². The zero-order chi connectivity index (χ0) is 23.3. The first-order chi connectivity index (χ1) is 14.5. The maximum Gasteiger partial charge on any atom is 0.192 e. The molecule has 0 aromatic rings. The number of fused-ring (bicyclic) bond motifs is 1. The third-order valence-electron chi connectivity index (χ3n) is 9.90. The van der Waals surface area contributed by atoms with Crippen molar-refractivity contribution in [2.24, 2.45) is 23.2 Å². The van der Waals surface area contributed by atoms with Crippen molar-refractivity contribution >= 4 is 8.32 Å². The van der Waals surface area contributed by atoms with Crippen LogP contribution in [0.5, 0.6) is 0 Å². The van der Waals surface area contributed by atoms with E-state index in [2.05, 4.69) is 55.4 Å². The van der Waals surface area contributed by atoms with E-state index in [1.807, 2.05) is 0 Å². The van der Waals surface area contributed by atoms with Crippen molar-refractivity contribution in [2.45, 2.75) is 155 Å². The molecule has 0 aromatic carbocycles. The lowest BCUT2D eigenvalue weighted by molar-refractivity contribution is -0.115. The first-order valence-corrected chi connectivity index (χ1v) is 16.5. The van der Waals surface area contributed by atoms with Crippen LogP contribution < -0.4 is 0 Å². The molecule has 2 nitrogen and oxygen atoms in total. The Kier molecular flexibility index (Phi) is 9.75. The topological polar surface area (TPSA) is 29.5 Å². The molecule has 0 aliphatic heterocycles. The zero-order valence-electron chi connectivity index (χ0n) is 22.5. The lowest BCUT2D eigenvalue weighted by Gasteiger charge is -2.51. The molecule has 0 aromatic heterocycles. The Morgan fingerprint density at radius 2 is 1.68 bits per heavy atom. The number of hydrogen-bond acceptors (Lipinski definition) is 2. The summed E-state index contributed by atoms with van der Waals surface area (Å²) in [6.45, 7) is 19.0. The number of unbranched alkanes of at least 4 members (excludes halogenated alkanes) is 1. The van der Waals surface area contributed by atoms with Gasteiger partial charge in [-0.05, 0) is 93.7 Å². The normalized spacial score (nSPS) is 32.8. The summed E-state index contributed by atoms with van der Waals surface area (Å²) in [7, 11) is -1.55. The molecule has 1 N–H and O–H groups in total. The standard InChI is InChI=1S/C28H56O2Si/c1-9-13-21-28(29)22-15-20-27(8)24(17-18-25(27)28)23(5)16-14-19-26(6,7)30-31(10-2,11-3)12-4/h23-25,29H,9-22H2,1-8H3/t23-,24-,25-,27-,28?/m1/s1. The molecule has 0 radical (unpaired) electrons. The SMILES string of the molecule is CCCCC1(O)CCC[C@]2(C)[C@@H]([C@H](C)CCCC(C)(C)O[Si](CC)(CC)CC)CC[C@@H]12. The Hall–Kier alpha value is 0.137. The van der Waals surface area contributed by atoms with Crippen LogP contribution in [0.4, 0.5) is 0 Å². The van der Waals surface area contributed by atoms with E-state index < -0.39 is 8.32 Å². The van der Waals surface area contributed by atoms with Gasteiger partial charge in [0.15, 0.2) is 8.32 Å². The minimum absolute atomic E-state index is 0.0152. The smallest absolute Gasteiger partial charge is 0.192 e. The Balaban J connectivity index is 1.95. The van der Waals surface area contributed by atoms with Crippen LogP contribution in [-0.2, 0) is 4.43 Å². The van der Waals surface area contributed by atoms with E-state index in [0.717, 1.165) is 24.7 Å². The van der Waals surface area contributed by atoms with Gasteiger partial charge in [-0.25, -0.2) is 0 Å². The second kappa shape index (κ2) is 11.0. The highest BCUT2D eigenvalue weighted by Crippen LogP contribution is 2.62. The van der Waals surface area contributed by atoms with Crippen molar-refractivity contribution in [1.29, 1.82) is 0 Å². The lowest BCUT2D eigenvalue weighted by atomic mass is 9.56. The highest BCUT2D eigenvalue weighted by molar-refractivity contribution is 6.73. The van der Waals surface area contributed by atoms with E-state index in [0.29, 0.717) is 11.3 Å². The van der Waals surface area contributed by atoms with Gasteiger partial charge in [-0.2, -0.15) is 0 Å². The second-order valence-corrected chi connectivity index (χ2v) is 17.0. The maximum absolute atomic E-state index is 11.6. The predicted octanol–water partition coefficient (Wildman–Crippen LogP) is 8.73. The second-order valence-electron chi connectivity index (χ2n) is 12.3. The maximum atomic E-state index is 11.6. The van der Waals surface area contributed by atoms with Crippen LogP contribution in [0.1, 0.15) is 126 Å². The summed E-state index contributed by atoms with van der Waals surface area (Å²) in [6.07, 6.45) is 13.3. The van der Waals surface area contributed by atoms with Crippen LogP contribution in [0.3, 0.4) is 0 Å². The van der Waals surface area contributed by atoms with Crippen LogP contribution in [-0.4, -0.2) is 24.6 Å². The molecule has 0 spiro atoms. The van der Waals surface area contributed by atoms with Crippen molar-refractivity contribution in [3.63, 3.8) is 0 Å². The average molecular weight is 453 g/mol. The van der Waals surface area contributed by atoms with E-state index >= 15 is 0 Å². The fourth-order valence-electron chi connectivity index (χ4n) is 7.83. The van der Waals surface area contributed by atoms with Crippen molar-refractivity contribution in [1.82, 2.24) is 0 Å². The predicted molar refractivity (Wildman–Crippen MR) is 138 cm³/mol. The molecule has 0 bridgehead atoms. The molecule has 2 fully saturated rings. The van der Waals surface area contributed by atoms with Crippen molar-refractivity contribution in [2.75, 3.05) is 0 Å². The third-order valence-corrected chi connectivity index (χ3v) is 14.7. The Bertz CT molecular complexity index is 535. The molecule has 2 aliphatic rings. The summed E-state index contributed by atoms with van der Waals surface area (Å²) < 4.78 is 6.86. The fourth-order valence-corrected chi connectivity index (χ4v) is 11.0. The quantitative estimate of drug-likeness (QED) is 0.283. The van der Waals surface area contributed by atoms with Gasteiger partial charge < -0.3 is 9.53 Å². The van der Waals surface area contributed by atoms with Gasteiger partial charge in [-0.15, -0.1) is 0 Å². The molecular formula is C28H56O2Si. The summed E-state index contributed by atoms with van der Waals surface area (Å²) in [5.74, 6) is 2.06. The largest absolute Gasteiger partial charge is 0.412 e. The molecule has 1 unspecified atom stereocenters. The van der Waals surface area contributed by atoms with Crippen LogP contribution in [0.25, 0.3) is 0 Å². The van der Waals surface area contributed by atoms with E-state index in [-0.39, 0.29) is 11.2 Å². The Morgan fingerprint density at radius 1 is 1.03 bits per heavy atom. The van der Waals surface area contributed by atoms with Gasteiger partial charge in [0.25, 0.3) is 0 Å². The highest BCUT2D eigenvalue weighted by atomic mass is 28.4. The summed E-state index contributed by atoms with van der Waals surface area (Å²) in [6, 6.07) is 3.72. The minimum atomic E-state index is -1.55. The van der Waals surface area contributed by atoms with Crippen LogP contribution in [0.2, 0.25) is 18.1 Å². The van der Waals surface area contributed by atoms with E-state index in [4.69, 9.17) is 4.43 Å². The molecule has 2 saturated carbocycles. The number of hydrogen-bond donors (Lipinski definition) is 1. The Morgan fingerprint density at radius 3 is 2.26 bits per heavy atom. The molecular weight excluding hydrogens is 396 g/mol. The van der Waals surface area contributed by atoms with Crippen molar-refractivity contribution in [3.05, 3.63) is 0 Å². The van der Waals surface area contributed by atoms with E-state index in [1.165, 1.54) is 75.9 Å². The first-order valence-electron chi connectivity index (χ1n) is 13.9. The van der Waals surface area contributed by atoms with Crippen LogP contribution >= 0.6 is 0 Å². The molecule has 5 atom stereocenters. The monoisotopic (exact) mass is 452 g/mol. The molecule has 0 saturated heterocycles. The summed E-state index contributed by atoms with van der Waals surface area (Å²) in [5, 5.41) is 11.6. The van der Waals surface area contributed by atoms with Gasteiger partial charge in [0.1, 0.15) is 0 Å². The Labute approximate surface area is 196 Å². The molecule has 2 aliphatic carbocycles. The van der Waals surface area contributed by atoms with Gasteiger partial charge in [-0.1, -0.05) is 73.6 Å². The molecule has 31 heavy (non-hydrogen) atoms. The molecule has 2 rings (SSSR count). The van der Waals surface area contributed by atoms with Crippen molar-refractivity contribution < 1.29 is 9.53 Å². The molecule has 184 valence electrons. The van der Waals surface area contributed by atoms with Gasteiger partial charge in [0.2, 0.25) is 0 Å². The van der Waals surface area contributed by atoms with Crippen LogP contribution in [0, 0.1) is 23.2 Å². The minimum Gasteiger partial charge on any atom is -0.412 e. The van der Waals surface area contributed by atoms with E-state index in [9.17, 15) is 5.11 Å². The van der Waals surface area contributed by atoms with Gasteiger partial charge in [0, 0.05) is 0 Å². The van der Waals surface area contributed by atoms with Gasteiger partial charge in [-0.3, -0.25) is 0 Å². The van der Waals surface area contributed by atoms with Gasteiger partial charge >= 0.3 is 0 Å². The highest BCUT2D eigenvalue weighted by Gasteiger charge is 2.57. The number of rotatable bonds is 13. The zero-order valence-corrected chi connectivity index (χ0v) is 23.5. The van der Waals surface area contributed by atoms with Crippen molar-refractivity contribution in [3.8, 4) is 0 Å². The fraction of sp³-hybridized carbons (Fsp3) is 1.00. The lowest BCUT2D eigenvalue weighted by Crippen LogP contribution is -2.50. The van der Waals surface area contributed by atoms with E-state index in [1.54, 1.807) is 0 Å². The molecule has 3 heteroatoms. The number of aliphatic hydroxyl groups is 1. The summed E-state index contributed by atoms with van der Waals surface area (Å²) in [4.78, 5) is 0. The molecule has 0 amide bonds. The third kappa shape index (κ3) is 6.18. The summed E-state index contributed by atoms with van der Waals surface area (Å²) in [5.41, 5.74) is -0.0239. The summed E-state index contributed by atoms with van der Waals surface area (Å²) >= 11 is 0. The van der Waals surface area contributed by atoms with Gasteiger partial charge in [0.05, 0.1) is 11.2 Å². The molecule has 0 heterocycles. The first kappa shape index (κ1) is 27.4. The average Bonchev–Trinajstić information content (AvgIpc) is 3.09.